The summed E-state index contributed by atoms with van der Waals surface area (Å²) in [5.74, 6) is 0. The molecule has 3 rings (SSSR count). The van der Waals surface area contributed by atoms with Crippen LogP contribution in [0.15, 0.2) is 35.7 Å². The number of thiophene rings is 1. The van der Waals surface area contributed by atoms with E-state index in [0.29, 0.717) is 6.04 Å². The van der Waals surface area contributed by atoms with Crippen LogP contribution in [-0.4, -0.2) is 18.0 Å². The van der Waals surface area contributed by atoms with Crippen molar-refractivity contribution in [2.24, 2.45) is 0 Å². The molecular weight excluding hydrogens is 252 g/mol. The summed E-state index contributed by atoms with van der Waals surface area (Å²) in [6.45, 7) is 4.64. The first-order valence-corrected chi connectivity index (χ1v) is 7.77. The van der Waals surface area contributed by atoms with Gasteiger partial charge in [-0.2, -0.15) is 0 Å². The van der Waals surface area contributed by atoms with Crippen molar-refractivity contribution in [1.82, 2.24) is 4.90 Å². The van der Waals surface area contributed by atoms with Crippen LogP contribution in [0.5, 0.6) is 0 Å². The zero-order chi connectivity index (χ0) is 13.2. The van der Waals surface area contributed by atoms with Crippen LogP contribution in [0.1, 0.15) is 29.0 Å². The zero-order valence-electron chi connectivity index (χ0n) is 11.3. The fourth-order valence-electron chi connectivity index (χ4n) is 2.82. The second kappa shape index (κ2) is 5.35. The highest BCUT2D eigenvalue weighted by Crippen LogP contribution is 2.32. The fourth-order valence-corrected chi connectivity index (χ4v) is 3.79. The molecule has 19 heavy (non-hydrogen) atoms. The molecule has 2 N–H and O–H groups in total. The molecular formula is C16H20N2S. The summed E-state index contributed by atoms with van der Waals surface area (Å²) < 4.78 is 0. The lowest BCUT2D eigenvalue weighted by molar-refractivity contribution is 0.203. The van der Waals surface area contributed by atoms with Crippen LogP contribution in [0.4, 0.5) is 5.69 Å². The topological polar surface area (TPSA) is 29.3 Å². The third kappa shape index (κ3) is 2.67. The van der Waals surface area contributed by atoms with E-state index in [1.165, 1.54) is 24.1 Å². The minimum absolute atomic E-state index is 0.559. The Labute approximate surface area is 118 Å². The standard InChI is InChI=1S/C16H20N2S/c1-12-15-8-11-19-16(15)7-10-18(12)9-6-13-2-4-14(17)5-3-13/h2-5,8,11-12H,6-7,9-10,17H2,1H3. The van der Waals surface area contributed by atoms with Crippen LogP contribution in [0.3, 0.4) is 0 Å². The van der Waals surface area contributed by atoms with Crippen LogP contribution < -0.4 is 5.73 Å². The van der Waals surface area contributed by atoms with Crippen LogP contribution in [0.2, 0.25) is 0 Å². The van der Waals surface area contributed by atoms with Gasteiger partial charge in [-0.3, -0.25) is 4.90 Å². The predicted octanol–water partition coefficient (Wildman–Crippen LogP) is 3.49. The number of anilines is 1. The van der Waals surface area contributed by atoms with E-state index in [4.69, 9.17) is 5.73 Å². The van der Waals surface area contributed by atoms with Gasteiger partial charge in [-0.1, -0.05) is 12.1 Å². The normalized spacial score (nSPS) is 19.3. The van der Waals surface area contributed by atoms with E-state index in [2.05, 4.69) is 35.4 Å². The van der Waals surface area contributed by atoms with Gasteiger partial charge in [-0.15, -0.1) is 11.3 Å². The first-order valence-electron chi connectivity index (χ1n) is 6.89. The molecule has 0 amide bonds. The first-order chi connectivity index (χ1) is 9.24. The van der Waals surface area contributed by atoms with Gasteiger partial charge < -0.3 is 5.73 Å². The molecule has 2 aromatic rings. The van der Waals surface area contributed by atoms with Crippen LogP contribution in [-0.2, 0) is 12.8 Å². The molecule has 1 aromatic carbocycles. The predicted molar refractivity (Wildman–Crippen MR) is 82.6 cm³/mol. The van der Waals surface area contributed by atoms with E-state index in [9.17, 15) is 0 Å². The summed E-state index contributed by atoms with van der Waals surface area (Å²) in [5.41, 5.74) is 9.47. The summed E-state index contributed by atoms with van der Waals surface area (Å²) in [6, 6.07) is 11.1. The number of nitrogen functional groups attached to an aromatic ring is 1. The van der Waals surface area contributed by atoms with E-state index >= 15 is 0 Å². The Balaban J connectivity index is 1.64. The Morgan fingerprint density at radius 3 is 2.84 bits per heavy atom. The van der Waals surface area contributed by atoms with Crippen LogP contribution in [0, 0.1) is 0 Å². The first kappa shape index (κ1) is 12.7. The molecule has 1 aromatic heterocycles. The SMILES string of the molecule is CC1c2ccsc2CCN1CCc1ccc(N)cc1. The molecule has 2 heterocycles. The Morgan fingerprint density at radius 2 is 2.05 bits per heavy atom. The third-order valence-electron chi connectivity index (χ3n) is 4.07. The molecule has 100 valence electrons. The van der Waals surface area contributed by atoms with Gasteiger partial charge in [0, 0.05) is 29.7 Å². The average molecular weight is 272 g/mol. The fraction of sp³-hybridized carbons (Fsp3) is 0.375. The molecule has 0 saturated carbocycles. The third-order valence-corrected chi connectivity index (χ3v) is 5.07. The summed E-state index contributed by atoms with van der Waals surface area (Å²) in [5, 5.41) is 2.23. The van der Waals surface area contributed by atoms with E-state index in [0.717, 1.165) is 18.7 Å². The van der Waals surface area contributed by atoms with Crippen molar-refractivity contribution < 1.29 is 0 Å². The number of nitrogens with two attached hydrogens (primary N) is 1. The molecule has 1 unspecified atom stereocenters. The summed E-state index contributed by atoms with van der Waals surface area (Å²) >= 11 is 1.91. The van der Waals surface area contributed by atoms with Crippen LogP contribution >= 0.6 is 11.3 Å². The molecule has 1 atom stereocenters. The highest BCUT2D eigenvalue weighted by atomic mass is 32.1. The van der Waals surface area contributed by atoms with Crippen molar-refractivity contribution in [3.8, 4) is 0 Å². The number of nitrogens with zero attached hydrogens (tertiary/aromatic N) is 1. The lowest BCUT2D eigenvalue weighted by Gasteiger charge is -2.33. The average Bonchev–Trinajstić information content (AvgIpc) is 2.89. The second-order valence-electron chi connectivity index (χ2n) is 5.25. The Morgan fingerprint density at radius 1 is 1.26 bits per heavy atom. The van der Waals surface area contributed by atoms with Crippen molar-refractivity contribution in [3.63, 3.8) is 0 Å². The van der Waals surface area contributed by atoms with Gasteiger partial charge in [-0.05, 0) is 54.5 Å². The zero-order valence-corrected chi connectivity index (χ0v) is 12.1. The second-order valence-corrected chi connectivity index (χ2v) is 6.25. The molecule has 0 fully saturated rings. The van der Waals surface area contributed by atoms with Gasteiger partial charge in [0.15, 0.2) is 0 Å². The molecule has 1 aliphatic rings. The van der Waals surface area contributed by atoms with Crippen molar-refractivity contribution in [2.45, 2.75) is 25.8 Å². The van der Waals surface area contributed by atoms with Gasteiger partial charge in [0.05, 0.1) is 0 Å². The molecule has 0 radical (unpaired) electrons. The molecule has 2 nitrogen and oxygen atoms in total. The minimum Gasteiger partial charge on any atom is -0.399 e. The van der Waals surface area contributed by atoms with Gasteiger partial charge in [0.25, 0.3) is 0 Å². The van der Waals surface area contributed by atoms with E-state index < -0.39 is 0 Å². The van der Waals surface area contributed by atoms with Crippen molar-refractivity contribution in [2.75, 3.05) is 18.8 Å². The van der Waals surface area contributed by atoms with E-state index in [-0.39, 0.29) is 0 Å². The maximum atomic E-state index is 5.72. The lowest BCUT2D eigenvalue weighted by Crippen LogP contribution is -2.34. The smallest absolute Gasteiger partial charge is 0.0331 e. The Hall–Kier alpha value is -1.32. The number of hydrogen-bond donors (Lipinski definition) is 1. The lowest BCUT2D eigenvalue weighted by atomic mass is 10.0. The highest BCUT2D eigenvalue weighted by molar-refractivity contribution is 7.10. The summed E-state index contributed by atoms with van der Waals surface area (Å²) in [4.78, 5) is 4.17. The highest BCUT2D eigenvalue weighted by Gasteiger charge is 2.23. The molecule has 3 heteroatoms. The molecule has 0 saturated heterocycles. The van der Waals surface area contributed by atoms with E-state index in [1.54, 1.807) is 4.88 Å². The largest absolute Gasteiger partial charge is 0.399 e. The number of fused-ring (bicyclic) bond motifs is 1. The maximum absolute atomic E-state index is 5.72. The van der Waals surface area contributed by atoms with E-state index in [1.807, 2.05) is 23.5 Å². The molecule has 0 spiro atoms. The Bertz CT molecular complexity index is 544. The number of hydrogen-bond acceptors (Lipinski definition) is 3. The van der Waals surface area contributed by atoms with Crippen molar-refractivity contribution >= 4 is 17.0 Å². The molecule has 0 aliphatic carbocycles. The molecule has 0 bridgehead atoms. The van der Waals surface area contributed by atoms with Gasteiger partial charge in [0.2, 0.25) is 0 Å². The van der Waals surface area contributed by atoms with Crippen LogP contribution in [0.25, 0.3) is 0 Å². The van der Waals surface area contributed by atoms with Crippen molar-refractivity contribution in [3.05, 3.63) is 51.7 Å². The molecule has 1 aliphatic heterocycles. The van der Waals surface area contributed by atoms with Gasteiger partial charge >= 0.3 is 0 Å². The summed E-state index contributed by atoms with van der Waals surface area (Å²) in [7, 11) is 0. The van der Waals surface area contributed by atoms with Gasteiger partial charge in [-0.25, -0.2) is 0 Å². The Kier molecular flexibility index (Phi) is 3.58. The number of rotatable bonds is 3. The monoisotopic (exact) mass is 272 g/mol. The maximum Gasteiger partial charge on any atom is 0.0331 e. The minimum atomic E-state index is 0.559. The number of benzene rings is 1. The van der Waals surface area contributed by atoms with Crippen molar-refractivity contribution in [1.29, 1.82) is 0 Å². The summed E-state index contributed by atoms with van der Waals surface area (Å²) in [6.07, 6.45) is 2.31. The van der Waals surface area contributed by atoms with Gasteiger partial charge in [0.1, 0.15) is 0 Å². The quantitative estimate of drug-likeness (QED) is 0.867.